The summed E-state index contributed by atoms with van der Waals surface area (Å²) >= 11 is 0. The predicted octanol–water partition coefficient (Wildman–Crippen LogP) is 2.37. The maximum atomic E-state index is 11.6. The zero-order valence-corrected chi connectivity index (χ0v) is 12.5. The zero-order chi connectivity index (χ0) is 13.2. The Morgan fingerprint density at radius 2 is 1.94 bits per heavy atom. The third kappa shape index (κ3) is 3.95. The van der Waals surface area contributed by atoms with Crippen LogP contribution in [0.1, 0.15) is 51.4 Å². The zero-order valence-electron chi connectivity index (χ0n) is 11.7. The number of sulfone groups is 1. The van der Waals surface area contributed by atoms with Gasteiger partial charge < -0.3 is 5.32 Å². The SMILES string of the molecule is CNC(CCC1CCCC(S(C)(=O)=O)C1)C1CC1. The van der Waals surface area contributed by atoms with Crippen LogP contribution in [0.5, 0.6) is 0 Å². The van der Waals surface area contributed by atoms with Crippen LogP contribution in [0.4, 0.5) is 0 Å². The lowest BCUT2D eigenvalue weighted by molar-refractivity contribution is 0.309. The van der Waals surface area contributed by atoms with Crippen molar-refractivity contribution in [1.29, 1.82) is 0 Å². The molecule has 0 aromatic heterocycles. The van der Waals surface area contributed by atoms with Gasteiger partial charge in [-0.15, -0.1) is 0 Å². The highest BCUT2D eigenvalue weighted by Gasteiger charge is 2.32. The third-order valence-electron chi connectivity index (χ3n) is 4.79. The van der Waals surface area contributed by atoms with Gasteiger partial charge in [0.2, 0.25) is 0 Å². The molecule has 0 radical (unpaired) electrons. The van der Waals surface area contributed by atoms with Crippen molar-refractivity contribution >= 4 is 9.84 Å². The molecule has 2 saturated carbocycles. The van der Waals surface area contributed by atoms with Gasteiger partial charge in [0.25, 0.3) is 0 Å². The topological polar surface area (TPSA) is 46.2 Å². The van der Waals surface area contributed by atoms with Crippen molar-refractivity contribution in [3.05, 3.63) is 0 Å². The number of nitrogens with one attached hydrogen (secondary N) is 1. The first-order chi connectivity index (χ1) is 8.50. The van der Waals surface area contributed by atoms with Gasteiger partial charge >= 0.3 is 0 Å². The van der Waals surface area contributed by atoms with E-state index in [0.29, 0.717) is 12.0 Å². The smallest absolute Gasteiger partial charge is 0.150 e. The van der Waals surface area contributed by atoms with Crippen molar-refractivity contribution in [1.82, 2.24) is 5.32 Å². The molecular formula is C14H27NO2S. The van der Waals surface area contributed by atoms with Gasteiger partial charge in [-0.1, -0.05) is 12.8 Å². The van der Waals surface area contributed by atoms with Crippen molar-refractivity contribution in [3.63, 3.8) is 0 Å². The van der Waals surface area contributed by atoms with Crippen LogP contribution in [-0.2, 0) is 9.84 Å². The lowest BCUT2D eigenvalue weighted by Gasteiger charge is -2.29. The van der Waals surface area contributed by atoms with Gasteiger partial charge in [0.1, 0.15) is 9.84 Å². The average Bonchev–Trinajstić information content (AvgIpc) is 3.14. The molecule has 3 atom stereocenters. The Labute approximate surface area is 112 Å². The summed E-state index contributed by atoms with van der Waals surface area (Å²) in [7, 11) is -0.764. The second kappa shape index (κ2) is 5.91. The molecule has 0 aromatic carbocycles. The number of hydrogen-bond donors (Lipinski definition) is 1. The van der Waals surface area contributed by atoms with Crippen LogP contribution in [0, 0.1) is 11.8 Å². The molecule has 4 heteroatoms. The van der Waals surface area contributed by atoms with Gasteiger partial charge in [-0.2, -0.15) is 0 Å². The minimum absolute atomic E-state index is 0.0646. The molecule has 2 rings (SSSR count). The van der Waals surface area contributed by atoms with Gasteiger partial charge in [-0.05, 0) is 57.4 Å². The van der Waals surface area contributed by atoms with E-state index in [1.54, 1.807) is 0 Å². The maximum absolute atomic E-state index is 11.6. The van der Waals surface area contributed by atoms with Crippen LogP contribution < -0.4 is 5.32 Å². The molecular weight excluding hydrogens is 246 g/mol. The second-order valence-electron chi connectivity index (χ2n) is 6.29. The van der Waals surface area contributed by atoms with Crippen LogP contribution >= 0.6 is 0 Å². The monoisotopic (exact) mass is 273 g/mol. The Morgan fingerprint density at radius 3 is 2.50 bits per heavy atom. The summed E-state index contributed by atoms with van der Waals surface area (Å²) in [6.07, 6.45) is 10.7. The number of rotatable bonds is 6. The summed E-state index contributed by atoms with van der Waals surface area (Å²) in [5.74, 6) is 1.53. The second-order valence-corrected chi connectivity index (χ2v) is 8.62. The van der Waals surface area contributed by atoms with Crippen molar-refractivity contribution in [2.24, 2.45) is 11.8 Å². The van der Waals surface area contributed by atoms with Crippen LogP contribution in [0.25, 0.3) is 0 Å². The lowest BCUT2D eigenvalue weighted by Crippen LogP contribution is -2.30. The summed E-state index contributed by atoms with van der Waals surface area (Å²) in [6.45, 7) is 0. The molecule has 18 heavy (non-hydrogen) atoms. The van der Waals surface area contributed by atoms with Crippen LogP contribution in [0.3, 0.4) is 0 Å². The van der Waals surface area contributed by atoms with Gasteiger partial charge in [-0.25, -0.2) is 8.42 Å². The van der Waals surface area contributed by atoms with Gasteiger partial charge in [0, 0.05) is 12.3 Å². The third-order valence-corrected chi connectivity index (χ3v) is 6.43. The Kier molecular flexibility index (Phi) is 4.70. The highest BCUT2D eigenvalue weighted by Crippen LogP contribution is 2.37. The molecule has 2 fully saturated rings. The molecule has 0 spiro atoms. The molecule has 2 aliphatic carbocycles. The molecule has 0 amide bonds. The molecule has 2 aliphatic rings. The maximum Gasteiger partial charge on any atom is 0.150 e. The van der Waals surface area contributed by atoms with Crippen molar-refractivity contribution in [3.8, 4) is 0 Å². The van der Waals surface area contributed by atoms with Crippen LogP contribution in [0.15, 0.2) is 0 Å². The molecule has 0 bridgehead atoms. The van der Waals surface area contributed by atoms with Gasteiger partial charge in [-0.3, -0.25) is 0 Å². The van der Waals surface area contributed by atoms with E-state index >= 15 is 0 Å². The lowest BCUT2D eigenvalue weighted by atomic mass is 9.84. The average molecular weight is 273 g/mol. The molecule has 1 N–H and O–H groups in total. The van der Waals surface area contributed by atoms with Gasteiger partial charge in [0.15, 0.2) is 0 Å². The van der Waals surface area contributed by atoms with Crippen molar-refractivity contribution < 1.29 is 8.42 Å². The highest BCUT2D eigenvalue weighted by molar-refractivity contribution is 7.91. The quantitative estimate of drug-likeness (QED) is 0.808. The van der Waals surface area contributed by atoms with E-state index < -0.39 is 9.84 Å². The summed E-state index contributed by atoms with van der Waals surface area (Å²) in [4.78, 5) is 0. The van der Waals surface area contributed by atoms with E-state index in [4.69, 9.17) is 0 Å². The fourth-order valence-corrected chi connectivity index (χ4v) is 4.64. The molecule has 0 heterocycles. The van der Waals surface area contributed by atoms with E-state index in [2.05, 4.69) is 12.4 Å². The summed E-state index contributed by atoms with van der Waals surface area (Å²) < 4.78 is 23.3. The fraction of sp³-hybridized carbons (Fsp3) is 1.00. The molecule has 106 valence electrons. The van der Waals surface area contributed by atoms with E-state index in [-0.39, 0.29) is 5.25 Å². The molecule has 0 aliphatic heterocycles. The molecule has 0 saturated heterocycles. The Hall–Kier alpha value is -0.0900. The molecule has 0 aromatic rings. The van der Waals surface area contributed by atoms with Crippen molar-refractivity contribution in [2.45, 2.75) is 62.7 Å². The normalized spacial score (nSPS) is 31.2. The summed E-state index contributed by atoms with van der Waals surface area (Å²) in [6, 6.07) is 0.670. The largest absolute Gasteiger partial charge is 0.317 e. The molecule has 3 nitrogen and oxygen atoms in total. The molecule has 3 unspecified atom stereocenters. The Bertz CT molecular complexity index is 362. The minimum atomic E-state index is -2.82. The Morgan fingerprint density at radius 1 is 1.22 bits per heavy atom. The van der Waals surface area contributed by atoms with Crippen LogP contribution in [0.2, 0.25) is 0 Å². The highest BCUT2D eigenvalue weighted by atomic mass is 32.2. The van der Waals surface area contributed by atoms with E-state index in [1.165, 1.54) is 38.4 Å². The fourth-order valence-electron chi connectivity index (χ4n) is 3.42. The first-order valence-electron chi connectivity index (χ1n) is 7.37. The van der Waals surface area contributed by atoms with Gasteiger partial charge in [0.05, 0.1) is 5.25 Å². The first kappa shape index (κ1) is 14.3. The van der Waals surface area contributed by atoms with Crippen LogP contribution in [-0.4, -0.2) is 33.0 Å². The summed E-state index contributed by atoms with van der Waals surface area (Å²) in [5.41, 5.74) is 0. The summed E-state index contributed by atoms with van der Waals surface area (Å²) in [5, 5.41) is 3.36. The number of hydrogen-bond acceptors (Lipinski definition) is 3. The van der Waals surface area contributed by atoms with E-state index in [0.717, 1.165) is 25.2 Å². The Balaban J connectivity index is 1.78. The first-order valence-corrected chi connectivity index (χ1v) is 9.32. The van der Waals surface area contributed by atoms with E-state index in [9.17, 15) is 8.42 Å². The predicted molar refractivity (Wildman–Crippen MR) is 75.4 cm³/mol. The minimum Gasteiger partial charge on any atom is -0.317 e. The van der Waals surface area contributed by atoms with Crippen molar-refractivity contribution in [2.75, 3.05) is 13.3 Å². The van der Waals surface area contributed by atoms with E-state index in [1.807, 2.05) is 0 Å². The standard InChI is InChI=1S/C14H27NO2S/c1-15-14(12-7-8-12)9-6-11-4-3-5-13(10-11)18(2,16)17/h11-15H,3-10H2,1-2H3.